The molecular formula is C12H16N2O2. The summed E-state index contributed by atoms with van der Waals surface area (Å²) in [6.45, 7) is 2.08. The minimum absolute atomic E-state index is 0.289. The molecule has 1 fully saturated rings. The SMILES string of the molecule is CC(CC1CC1)Nc1cnccc1C(=O)O. The largest absolute Gasteiger partial charge is 0.478 e. The van der Waals surface area contributed by atoms with E-state index in [2.05, 4.69) is 17.2 Å². The summed E-state index contributed by atoms with van der Waals surface area (Å²) in [5, 5.41) is 12.2. The third-order valence-electron chi connectivity index (χ3n) is 2.84. The van der Waals surface area contributed by atoms with Crippen molar-refractivity contribution in [3.8, 4) is 0 Å². The van der Waals surface area contributed by atoms with Crippen molar-refractivity contribution < 1.29 is 9.90 Å². The lowest BCUT2D eigenvalue weighted by Crippen LogP contribution is -2.18. The Morgan fingerprint density at radius 2 is 2.44 bits per heavy atom. The quantitative estimate of drug-likeness (QED) is 0.799. The topological polar surface area (TPSA) is 62.2 Å². The zero-order valence-corrected chi connectivity index (χ0v) is 9.31. The van der Waals surface area contributed by atoms with Gasteiger partial charge in [0.15, 0.2) is 0 Å². The van der Waals surface area contributed by atoms with E-state index in [9.17, 15) is 4.79 Å². The molecule has 86 valence electrons. The molecule has 2 rings (SSSR count). The summed E-state index contributed by atoms with van der Waals surface area (Å²) in [4.78, 5) is 14.9. The number of carbonyl (C=O) groups is 1. The van der Waals surface area contributed by atoms with E-state index in [1.165, 1.54) is 25.1 Å². The van der Waals surface area contributed by atoms with E-state index in [0.29, 0.717) is 11.7 Å². The van der Waals surface area contributed by atoms with Crippen molar-refractivity contribution in [3.05, 3.63) is 24.0 Å². The van der Waals surface area contributed by atoms with Crippen molar-refractivity contribution in [2.75, 3.05) is 5.32 Å². The van der Waals surface area contributed by atoms with Crippen LogP contribution in [0.2, 0.25) is 0 Å². The highest BCUT2D eigenvalue weighted by atomic mass is 16.4. The van der Waals surface area contributed by atoms with Crippen LogP contribution in [0.1, 0.15) is 36.5 Å². The summed E-state index contributed by atoms with van der Waals surface area (Å²) in [5.41, 5.74) is 0.904. The van der Waals surface area contributed by atoms with Gasteiger partial charge in [-0.15, -0.1) is 0 Å². The number of hydrogen-bond donors (Lipinski definition) is 2. The van der Waals surface area contributed by atoms with Gasteiger partial charge in [0.2, 0.25) is 0 Å². The van der Waals surface area contributed by atoms with Crippen LogP contribution in [0.3, 0.4) is 0 Å². The number of pyridine rings is 1. The summed E-state index contributed by atoms with van der Waals surface area (Å²) >= 11 is 0. The van der Waals surface area contributed by atoms with Gasteiger partial charge in [-0.25, -0.2) is 4.79 Å². The van der Waals surface area contributed by atoms with E-state index in [1.807, 2.05) is 0 Å². The van der Waals surface area contributed by atoms with E-state index in [-0.39, 0.29) is 5.56 Å². The minimum atomic E-state index is -0.913. The number of rotatable bonds is 5. The van der Waals surface area contributed by atoms with Gasteiger partial charge in [0.25, 0.3) is 0 Å². The standard InChI is InChI=1S/C12H16N2O2/c1-8(6-9-2-3-9)14-11-7-13-5-4-10(11)12(15)16/h4-5,7-9,14H,2-3,6H2,1H3,(H,15,16). The normalized spacial score (nSPS) is 16.8. The molecule has 0 aromatic carbocycles. The Balaban J connectivity index is 2.04. The Morgan fingerprint density at radius 3 is 3.06 bits per heavy atom. The first-order valence-corrected chi connectivity index (χ1v) is 5.60. The summed E-state index contributed by atoms with van der Waals surface area (Å²) in [7, 11) is 0. The Labute approximate surface area is 94.7 Å². The number of nitrogens with one attached hydrogen (secondary N) is 1. The van der Waals surface area contributed by atoms with Crippen LogP contribution < -0.4 is 5.32 Å². The highest BCUT2D eigenvalue weighted by Gasteiger charge is 2.24. The van der Waals surface area contributed by atoms with Gasteiger partial charge in [-0.3, -0.25) is 4.98 Å². The number of aromatic nitrogens is 1. The number of carboxylic acid groups (broad SMARTS) is 1. The summed E-state index contributed by atoms with van der Waals surface area (Å²) in [6.07, 6.45) is 6.80. The zero-order valence-electron chi connectivity index (χ0n) is 9.31. The van der Waals surface area contributed by atoms with Crippen molar-refractivity contribution in [1.29, 1.82) is 0 Å². The average Bonchev–Trinajstić information content (AvgIpc) is 3.02. The predicted molar refractivity (Wildman–Crippen MR) is 61.6 cm³/mol. The Hall–Kier alpha value is -1.58. The van der Waals surface area contributed by atoms with Crippen LogP contribution in [-0.4, -0.2) is 22.1 Å². The van der Waals surface area contributed by atoms with E-state index in [0.717, 1.165) is 12.3 Å². The summed E-state index contributed by atoms with van der Waals surface area (Å²) in [5.74, 6) is -0.0871. The second kappa shape index (κ2) is 4.51. The molecule has 1 aromatic rings. The molecule has 0 amide bonds. The smallest absolute Gasteiger partial charge is 0.337 e. The van der Waals surface area contributed by atoms with Gasteiger partial charge >= 0.3 is 5.97 Å². The average molecular weight is 220 g/mol. The molecule has 4 heteroatoms. The van der Waals surface area contributed by atoms with Crippen LogP contribution in [0.15, 0.2) is 18.5 Å². The van der Waals surface area contributed by atoms with Crippen molar-refractivity contribution in [3.63, 3.8) is 0 Å². The van der Waals surface area contributed by atoms with Crippen molar-refractivity contribution in [2.45, 2.75) is 32.2 Å². The summed E-state index contributed by atoms with van der Waals surface area (Å²) < 4.78 is 0. The lowest BCUT2D eigenvalue weighted by atomic mass is 10.1. The van der Waals surface area contributed by atoms with Crippen LogP contribution in [0.4, 0.5) is 5.69 Å². The lowest BCUT2D eigenvalue weighted by Gasteiger charge is -2.15. The Morgan fingerprint density at radius 1 is 1.69 bits per heavy atom. The van der Waals surface area contributed by atoms with Crippen LogP contribution in [0.25, 0.3) is 0 Å². The number of aromatic carboxylic acids is 1. The van der Waals surface area contributed by atoms with Gasteiger partial charge in [-0.1, -0.05) is 12.8 Å². The first-order valence-electron chi connectivity index (χ1n) is 5.60. The maximum absolute atomic E-state index is 11.0. The van der Waals surface area contributed by atoms with Gasteiger partial charge in [-0.2, -0.15) is 0 Å². The molecule has 1 aliphatic rings. The number of nitrogens with zero attached hydrogens (tertiary/aromatic N) is 1. The summed E-state index contributed by atoms with van der Waals surface area (Å²) in [6, 6.07) is 1.82. The van der Waals surface area contributed by atoms with Gasteiger partial charge in [0.1, 0.15) is 0 Å². The number of hydrogen-bond acceptors (Lipinski definition) is 3. The van der Waals surface area contributed by atoms with E-state index in [4.69, 9.17) is 5.11 Å². The van der Waals surface area contributed by atoms with Crippen LogP contribution in [0.5, 0.6) is 0 Å². The lowest BCUT2D eigenvalue weighted by molar-refractivity contribution is 0.0698. The zero-order chi connectivity index (χ0) is 11.5. The molecule has 1 heterocycles. The molecular weight excluding hydrogens is 204 g/mol. The Bertz CT molecular complexity index is 388. The highest BCUT2D eigenvalue weighted by Crippen LogP contribution is 2.34. The maximum atomic E-state index is 11.0. The van der Waals surface area contributed by atoms with E-state index >= 15 is 0 Å². The molecule has 0 spiro atoms. The fourth-order valence-electron chi connectivity index (χ4n) is 1.87. The van der Waals surface area contributed by atoms with E-state index < -0.39 is 5.97 Å². The van der Waals surface area contributed by atoms with E-state index in [1.54, 1.807) is 6.20 Å². The molecule has 0 radical (unpaired) electrons. The molecule has 0 bridgehead atoms. The molecule has 1 unspecified atom stereocenters. The highest BCUT2D eigenvalue weighted by molar-refractivity contribution is 5.93. The molecule has 0 aliphatic heterocycles. The molecule has 1 aliphatic carbocycles. The van der Waals surface area contributed by atoms with Crippen LogP contribution in [0, 0.1) is 5.92 Å². The third-order valence-corrected chi connectivity index (χ3v) is 2.84. The molecule has 2 N–H and O–H groups in total. The van der Waals surface area contributed by atoms with Crippen molar-refractivity contribution in [2.24, 2.45) is 5.92 Å². The van der Waals surface area contributed by atoms with Gasteiger partial charge in [-0.05, 0) is 25.3 Å². The van der Waals surface area contributed by atoms with Gasteiger partial charge in [0.05, 0.1) is 17.4 Å². The maximum Gasteiger partial charge on any atom is 0.337 e. The van der Waals surface area contributed by atoms with Gasteiger partial charge < -0.3 is 10.4 Å². The third kappa shape index (κ3) is 2.72. The second-order valence-electron chi connectivity index (χ2n) is 4.45. The first kappa shape index (κ1) is 10.9. The van der Waals surface area contributed by atoms with Crippen molar-refractivity contribution in [1.82, 2.24) is 4.98 Å². The predicted octanol–water partition coefficient (Wildman–Crippen LogP) is 2.38. The van der Waals surface area contributed by atoms with Crippen molar-refractivity contribution >= 4 is 11.7 Å². The molecule has 0 saturated heterocycles. The fourth-order valence-corrected chi connectivity index (χ4v) is 1.87. The second-order valence-corrected chi connectivity index (χ2v) is 4.45. The molecule has 1 atom stereocenters. The molecule has 1 saturated carbocycles. The number of carboxylic acids is 1. The molecule has 4 nitrogen and oxygen atoms in total. The number of anilines is 1. The van der Waals surface area contributed by atoms with Crippen LogP contribution >= 0.6 is 0 Å². The Kier molecular flexibility index (Phi) is 3.08. The molecule has 1 aromatic heterocycles. The molecule has 16 heavy (non-hydrogen) atoms. The van der Waals surface area contributed by atoms with Gasteiger partial charge in [0, 0.05) is 12.2 Å². The minimum Gasteiger partial charge on any atom is -0.478 e. The fraction of sp³-hybridized carbons (Fsp3) is 0.500. The van der Waals surface area contributed by atoms with Crippen LogP contribution in [-0.2, 0) is 0 Å². The first-order chi connectivity index (χ1) is 7.66. The monoisotopic (exact) mass is 220 g/mol.